The van der Waals surface area contributed by atoms with E-state index < -0.39 is 0 Å². The molecule has 1 heterocycles. The minimum absolute atomic E-state index is 0.0315. The molecule has 5 nitrogen and oxygen atoms in total. The number of nitrogens with two attached hydrogens (primary N) is 1. The molecule has 1 aromatic rings. The molecule has 21 heavy (non-hydrogen) atoms. The maximum atomic E-state index is 12.2. The summed E-state index contributed by atoms with van der Waals surface area (Å²) in [4.78, 5) is 13.9. The van der Waals surface area contributed by atoms with Crippen molar-refractivity contribution in [1.82, 2.24) is 4.90 Å². The van der Waals surface area contributed by atoms with Crippen LogP contribution in [-0.4, -0.2) is 50.3 Å². The molecule has 0 radical (unpaired) electrons. The van der Waals surface area contributed by atoms with E-state index in [1.807, 2.05) is 26.0 Å². The first-order valence-electron chi connectivity index (χ1n) is 7.27. The first kappa shape index (κ1) is 15.8. The summed E-state index contributed by atoms with van der Waals surface area (Å²) in [6.07, 6.45) is 0. The molecule has 1 amide bonds. The van der Waals surface area contributed by atoms with Crippen LogP contribution in [0.5, 0.6) is 5.75 Å². The lowest BCUT2D eigenvalue weighted by Crippen LogP contribution is -2.43. The lowest BCUT2D eigenvalue weighted by molar-refractivity contribution is -0.134. The Bertz CT molecular complexity index is 484. The highest BCUT2D eigenvalue weighted by molar-refractivity contribution is 5.79. The van der Waals surface area contributed by atoms with Crippen molar-refractivity contribution in [3.8, 4) is 5.75 Å². The van der Waals surface area contributed by atoms with E-state index in [1.165, 1.54) is 11.1 Å². The predicted octanol–water partition coefficient (Wildman–Crippen LogP) is 1.11. The Hall–Kier alpha value is -1.59. The highest BCUT2D eigenvalue weighted by Gasteiger charge is 2.33. The van der Waals surface area contributed by atoms with E-state index in [2.05, 4.69) is 6.07 Å². The third-order valence-electron chi connectivity index (χ3n) is 3.71. The van der Waals surface area contributed by atoms with Crippen LogP contribution < -0.4 is 10.5 Å². The monoisotopic (exact) mass is 292 g/mol. The fourth-order valence-electron chi connectivity index (χ4n) is 2.54. The highest BCUT2D eigenvalue weighted by atomic mass is 16.5. The summed E-state index contributed by atoms with van der Waals surface area (Å²) in [5.74, 6) is 0.648. The number of aryl methyl sites for hydroxylation is 2. The van der Waals surface area contributed by atoms with Crippen LogP contribution in [0.25, 0.3) is 0 Å². The summed E-state index contributed by atoms with van der Waals surface area (Å²) in [5, 5.41) is 0. The third-order valence-corrected chi connectivity index (χ3v) is 3.71. The molecular weight excluding hydrogens is 268 g/mol. The number of amides is 1. The van der Waals surface area contributed by atoms with Crippen LogP contribution in [0.2, 0.25) is 0 Å². The summed E-state index contributed by atoms with van der Waals surface area (Å²) in [7, 11) is 1.78. The third kappa shape index (κ3) is 4.19. The van der Waals surface area contributed by atoms with Gasteiger partial charge in [0.25, 0.3) is 0 Å². The van der Waals surface area contributed by atoms with Crippen molar-refractivity contribution >= 4 is 5.91 Å². The van der Waals surface area contributed by atoms with Gasteiger partial charge in [0.05, 0.1) is 25.7 Å². The van der Waals surface area contributed by atoms with Gasteiger partial charge in [-0.2, -0.15) is 0 Å². The Morgan fingerprint density at radius 2 is 2.00 bits per heavy atom. The predicted molar refractivity (Wildman–Crippen MR) is 81.3 cm³/mol. The van der Waals surface area contributed by atoms with Crippen LogP contribution in [0.4, 0.5) is 0 Å². The SMILES string of the molecule is Cc1cc(C)cc(OCCN(C)C(=O)C2COCC2N)c1. The normalized spacial score (nSPS) is 21.3. The van der Waals surface area contributed by atoms with E-state index in [9.17, 15) is 4.79 Å². The fourth-order valence-corrected chi connectivity index (χ4v) is 2.54. The van der Waals surface area contributed by atoms with E-state index in [0.717, 1.165) is 5.75 Å². The molecule has 1 aliphatic rings. The molecule has 2 rings (SSSR count). The number of carbonyl (C=O) groups is 1. The number of hydrogen-bond donors (Lipinski definition) is 1. The molecule has 1 aromatic carbocycles. The Balaban J connectivity index is 1.81. The van der Waals surface area contributed by atoms with Gasteiger partial charge >= 0.3 is 0 Å². The van der Waals surface area contributed by atoms with Gasteiger partial charge < -0.3 is 20.1 Å². The van der Waals surface area contributed by atoms with E-state index in [0.29, 0.717) is 26.4 Å². The first-order chi connectivity index (χ1) is 9.97. The molecule has 1 fully saturated rings. The van der Waals surface area contributed by atoms with Crippen molar-refractivity contribution in [1.29, 1.82) is 0 Å². The standard InChI is InChI=1S/C16H24N2O3/c1-11-6-12(2)8-13(7-11)21-5-4-18(3)16(19)14-9-20-10-15(14)17/h6-8,14-15H,4-5,9-10,17H2,1-3H3. The summed E-state index contributed by atoms with van der Waals surface area (Å²) >= 11 is 0. The van der Waals surface area contributed by atoms with Gasteiger partial charge in [-0.15, -0.1) is 0 Å². The number of likely N-dealkylation sites (N-methyl/N-ethyl adjacent to an activating group) is 1. The zero-order valence-corrected chi connectivity index (χ0v) is 13.0. The maximum absolute atomic E-state index is 12.2. The van der Waals surface area contributed by atoms with Crippen molar-refractivity contribution in [3.63, 3.8) is 0 Å². The fraction of sp³-hybridized carbons (Fsp3) is 0.562. The van der Waals surface area contributed by atoms with Crippen molar-refractivity contribution in [2.75, 3.05) is 33.4 Å². The van der Waals surface area contributed by atoms with E-state index in [1.54, 1.807) is 11.9 Å². The molecule has 0 aromatic heterocycles. The average molecular weight is 292 g/mol. The largest absolute Gasteiger partial charge is 0.492 e. The zero-order chi connectivity index (χ0) is 15.4. The summed E-state index contributed by atoms with van der Waals surface area (Å²) in [6.45, 7) is 5.96. The lowest BCUT2D eigenvalue weighted by Gasteiger charge is -2.22. The molecule has 2 atom stereocenters. The van der Waals surface area contributed by atoms with Gasteiger partial charge in [-0.1, -0.05) is 6.07 Å². The van der Waals surface area contributed by atoms with Gasteiger partial charge in [0.2, 0.25) is 5.91 Å². The zero-order valence-electron chi connectivity index (χ0n) is 13.0. The van der Waals surface area contributed by atoms with E-state index in [4.69, 9.17) is 15.2 Å². The second-order valence-corrected chi connectivity index (χ2v) is 5.74. The number of benzene rings is 1. The summed E-state index contributed by atoms with van der Waals surface area (Å²) < 4.78 is 11.0. The van der Waals surface area contributed by atoms with Crippen LogP contribution >= 0.6 is 0 Å². The molecule has 0 spiro atoms. The molecule has 116 valence electrons. The summed E-state index contributed by atoms with van der Waals surface area (Å²) in [5.41, 5.74) is 8.21. The second-order valence-electron chi connectivity index (χ2n) is 5.74. The minimum Gasteiger partial charge on any atom is -0.492 e. The Morgan fingerprint density at radius 1 is 1.33 bits per heavy atom. The minimum atomic E-state index is -0.226. The molecule has 0 saturated carbocycles. The van der Waals surface area contributed by atoms with Crippen molar-refractivity contribution < 1.29 is 14.3 Å². The molecule has 1 aliphatic heterocycles. The average Bonchev–Trinajstić information content (AvgIpc) is 2.83. The number of carbonyl (C=O) groups excluding carboxylic acids is 1. The quantitative estimate of drug-likeness (QED) is 0.883. The van der Waals surface area contributed by atoms with Crippen LogP contribution in [-0.2, 0) is 9.53 Å². The van der Waals surface area contributed by atoms with Crippen molar-refractivity contribution in [2.45, 2.75) is 19.9 Å². The molecule has 0 aliphatic carbocycles. The number of ether oxygens (including phenoxy) is 2. The smallest absolute Gasteiger partial charge is 0.229 e. The highest BCUT2D eigenvalue weighted by Crippen LogP contribution is 2.17. The topological polar surface area (TPSA) is 64.8 Å². The molecular formula is C16H24N2O3. The maximum Gasteiger partial charge on any atom is 0.229 e. The van der Waals surface area contributed by atoms with Gasteiger partial charge in [-0.3, -0.25) is 4.79 Å². The van der Waals surface area contributed by atoms with Gasteiger partial charge in [0.15, 0.2) is 0 Å². The molecule has 1 saturated heterocycles. The first-order valence-corrected chi connectivity index (χ1v) is 7.27. The molecule has 0 bridgehead atoms. The Labute approximate surface area is 126 Å². The molecule has 2 unspecified atom stereocenters. The van der Waals surface area contributed by atoms with Gasteiger partial charge in [-0.05, 0) is 37.1 Å². The molecule has 2 N–H and O–H groups in total. The Kier molecular flexibility index (Phi) is 5.20. The van der Waals surface area contributed by atoms with Crippen LogP contribution in [0.3, 0.4) is 0 Å². The van der Waals surface area contributed by atoms with E-state index >= 15 is 0 Å². The number of hydrogen-bond acceptors (Lipinski definition) is 4. The van der Waals surface area contributed by atoms with Crippen molar-refractivity contribution in [3.05, 3.63) is 29.3 Å². The van der Waals surface area contributed by atoms with Crippen LogP contribution in [0, 0.1) is 19.8 Å². The van der Waals surface area contributed by atoms with Gasteiger partial charge in [0, 0.05) is 13.1 Å². The number of rotatable bonds is 5. The van der Waals surface area contributed by atoms with Crippen molar-refractivity contribution in [2.24, 2.45) is 11.7 Å². The lowest BCUT2D eigenvalue weighted by atomic mass is 10.0. The summed E-state index contributed by atoms with van der Waals surface area (Å²) in [6, 6.07) is 5.90. The second kappa shape index (κ2) is 6.91. The molecule has 5 heteroatoms. The van der Waals surface area contributed by atoms with Gasteiger partial charge in [0.1, 0.15) is 12.4 Å². The number of nitrogens with zero attached hydrogens (tertiary/aromatic N) is 1. The van der Waals surface area contributed by atoms with E-state index in [-0.39, 0.29) is 17.9 Å². The Morgan fingerprint density at radius 3 is 2.57 bits per heavy atom. The van der Waals surface area contributed by atoms with Crippen LogP contribution in [0.1, 0.15) is 11.1 Å². The van der Waals surface area contributed by atoms with Crippen LogP contribution in [0.15, 0.2) is 18.2 Å². The van der Waals surface area contributed by atoms with Gasteiger partial charge in [-0.25, -0.2) is 0 Å².